The summed E-state index contributed by atoms with van der Waals surface area (Å²) in [7, 11) is 0. The second-order valence-corrected chi connectivity index (χ2v) is 7.07. The molecule has 0 amide bonds. The van der Waals surface area contributed by atoms with Gasteiger partial charge >= 0.3 is 0 Å². The molecule has 0 bridgehead atoms. The highest BCUT2D eigenvalue weighted by Gasteiger charge is 2.17. The van der Waals surface area contributed by atoms with Crippen LogP contribution in [-0.4, -0.2) is 31.1 Å². The smallest absolute Gasteiger partial charge is 0.200 e. The van der Waals surface area contributed by atoms with Crippen LogP contribution in [0.25, 0.3) is 27.8 Å². The molecule has 0 atom stereocenters. The zero-order valence-electron chi connectivity index (χ0n) is 15.4. The Kier molecular flexibility index (Phi) is 4.52. The van der Waals surface area contributed by atoms with E-state index in [-0.39, 0.29) is 17.6 Å². The quantitative estimate of drug-likeness (QED) is 0.427. The van der Waals surface area contributed by atoms with E-state index in [9.17, 15) is 10.2 Å². The molecule has 142 valence electrons. The van der Waals surface area contributed by atoms with Gasteiger partial charge in [0.25, 0.3) is 0 Å². The van der Waals surface area contributed by atoms with E-state index in [1.807, 2.05) is 50.2 Å². The number of rotatable bonds is 4. The third-order valence-electron chi connectivity index (χ3n) is 4.36. The first-order valence-corrected chi connectivity index (χ1v) is 9.25. The Labute approximate surface area is 166 Å². The van der Waals surface area contributed by atoms with Crippen LogP contribution in [0.1, 0.15) is 13.8 Å². The van der Waals surface area contributed by atoms with E-state index in [1.54, 1.807) is 10.6 Å². The molecule has 0 saturated heterocycles. The lowest BCUT2D eigenvalue weighted by Crippen LogP contribution is -2.06. The van der Waals surface area contributed by atoms with Gasteiger partial charge in [0.1, 0.15) is 17.2 Å². The maximum absolute atomic E-state index is 10.3. The third-order valence-corrected chi connectivity index (χ3v) is 4.63. The predicted molar refractivity (Wildman–Crippen MR) is 111 cm³/mol. The number of aromatic amines is 1. The third kappa shape index (κ3) is 3.10. The summed E-state index contributed by atoms with van der Waals surface area (Å²) in [5.41, 5.74) is 1.27. The molecule has 7 heteroatoms. The minimum Gasteiger partial charge on any atom is -0.508 e. The molecule has 4 rings (SSSR count). The first-order valence-electron chi connectivity index (χ1n) is 8.84. The molecule has 0 radical (unpaired) electrons. The van der Waals surface area contributed by atoms with E-state index in [4.69, 9.17) is 17.0 Å². The Morgan fingerprint density at radius 1 is 1.04 bits per heavy atom. The summed E-state index contributed by atoms with van der Waals surface area (Å²) in [5, 5.41) is 28.9. The summed E-state index contributed by atoms with van der Waals surface area (Å²) >= 11 is 5.47. The van der Waals surface area contributed by atoms with E-state index >= 15 is 0 Å². The number of aromatic hydroxyl groups is 2. The van der Waals surface area contributed by atoms with Crippen molar-refractivity contribution in [3.8, 4) is 34.3 Å². The fourth-order valence-electron chi connectivity index (χ4n) is 3.22. The van der Waals surface area contributed by atoms with Crippen molar-refractivity contribution in [1.82, 2.24) is 14.8 Å². The van der Waals surface area contributed by atoms with Crippen LogP contribution in [0.2, 0.25) is 0 Å². The van der Waals surface area contributed by atoms with Crippen molar-refractivity contribution in [1.29, 1.82) is 0 Å². The van der Waals surface area contributed by atoms with Crippen molar-refractivity contribution >= 4 is 23.0 Å². The monoisotopic (exact) mass is 393 g/mol. The van der Waals surface area contributed by atoms with E-state index in [2.05, 4.69) is 10.2 Å². The van der Waals surface area contributed by atoms with Gasteiger partial charge in [-0.2, -0.15) is 5.10 Å². The number of nitrogens with one attached hydrogen (secondary N) is 1. The highest BCUT2D eigenvalue weighted by Crippen LogP contribution is 2.36. The van der Waals surface area contributed by atoms with Crippen LogP contribution >= 0.6 is 12.2 Å². The number of hydrogen-bond donors (Lipinski definition) is 3. The van der Waals surface area contributed by atoms with Crippen molar-refractivity contribution in [2.45, 2.75) is 20.0 Å². The molecule has 0 aliphatic rings. The topological polar surface area (TPSA) is 83.3 Å². The molecule has 0 aliphatic heterocycles. The lowest BCUT2D eigenvalue weighted by atomic mass is 10.1. The first-order chi connectivity index (χ1) is 13.5. The van der Waals surface area contributed by atoms with Gasteiger partial charge in [-0.3, -0.25) is 9.67 Å². The molecule has 3 aromatic carbocycles. The lowest BCUT2D eigenvalue weighted by Gasteiger charge is -2.16. The normalized spacial score (nSPS) is 11.2. The summed E-state index contributed by atoms with van der Waals surface area (Å²) in [5.74, 6) is 1.13. The first kappa shape index (κ1) is 18.1. The number of H-pyrrole nitrogens is 1. The summed E-state index contributed by atoms with van der Waals surface area (Å²) in [4.78, 5) is 0. The number of ether oxygens (including phenoxy) is 1. The molecule has 4 aromatic rings. The lowest BCUT2D eigenvalue weighted by molar-refractivity contribution is 0.245. The van der Waals surface area contributed by atoms with Gasteiger partial charge in [0.2, 0.25) is 0 Å². The number of phenolic OH excluding ortho intramolecular Hbond substituents is 2. The number of fused-ring (bicyclic) bond motifs is 1. The van der Waals surface area contributed by atoms with Crippen LogP contribution < -0.4 is 4.74 Å². The zero-order chi connectivity index (χ0) is 19.8. The van der Waals surface area contributed by atoms with Gasteiger partial charge in [-0.25, -0.2) is 0 Å². The van der Waals surface area contributed by atoms with Crippen molar-refractivity contribution in [3.63, 3.8) is 0 Å². The largest absolute Gasteiger partial charge is 0.508 e. The van der Waals surface area contributed by atoms with Gasteiger partial charge < -0.3 is 14.9 Å². The maximum Gasteiger partial charge on any atom is 0.200 e. The van der Waals surface area contributed by atoms with Gasteiger partial charge in [0.05, 0.1) is 17.4 Å². The molecule has 0 fully saturated rings. The fraction of sp³-hybridized carbons (Fsp3) is 0.143. The molecule has 0 unspecified atom stereocenters. The summed E-state index contributed by atoms with van der Waals surface area (Å²) in [6, 6.07) is 16.1. The minimum absolute atomic E-state index is 0.0254. The fourth-order valence-corrected chi connectivity index (χ4v) is 3.45. The van der Waals surface area contributed by atoms with E-state index in [0.717, 1.165) is 22.2 Å². The van der Waals surface area contributed by atoms with E-state index in [1.165, 1.54) is 12.1 Å². The summed E-state index contributed by atoms with van der Waals surface area (Å²) in [6.07, 6.45) is 0.0508. The second kappa shape index (κ2) is 7.01. The Balaban J connectivity index is 1.98. The van der Waals surface area contributed by atoms with Gasteiger partial charge in [-0.1, -0.05) is 24.3 Å². The molecule has 28 heavy (non-hydrogen) atoms. The van der Waals surface area contributed by atoms with Crippen LogP contribution in [0.4, 0.5) is 0 Å². The summed E-state index contributed by atoms with van der Waals surface area (Å²) in [6.45, 7) is 3.97. The average molecular weight is 393 g/mol. The second-order valence-electron chi connectivity index (χ2n) is 6.68. The molecule has 1 heterocycles. The molecule has 0 saturated carbocycles. The Hall–Kier alpha value is -3.32. The minimum atomic E-state index is -0.0840. The highest BCUT2D eigenvalue weighted by molar-refractivity contribution is 7.71. The molecular formula is C21H19N3O3S. The van der Waals surface area contributed by atoms with Crippen LogP contribution in [0.3, 0.4) is 0 Å². The van der Waals surface area contributed by atoms with Crippen molar-refractivity contribution in [2.75, 3.05) is 0 Å². The SMILES string of the molecule is CC(C)Oc1ccc(-n2c(-c3ccc(O)cc3O)n[nH]c2=S)c2ccccc12. The van der Waals surface area contributed by atoms with Gasteiger partial charge in [0.15, 0.2) is 10.6 Å². The predicted octanol–water partition coefficient (Wildman–Crippen LogP) is 4.95. The average Bonchev–Trinajstić information content (AvgIpc) is 3.03. The number of hydrogen-bond acceptors (Lipinski definition) is 5. The molecule has 0 aliphatic carbocycles. The van der Waals surface area contributed by atoms with Crippen LogP contribution in [0.15, 0.2) is 54.6 Å². The molecule has 1 aromatic heterocycles. The number of nitrogens with zero attached hydrogens (tertiary/aromatic N) is 2. The van der Waals surface area contributed by atoms with Crippen LogP contribution in [0, 0.1) is 4.77 Å². The molecule has 3 N–H and O–H groups in total. The molecule has 6 nitrogen and oxygen atoms in total. The molecule has 0 spiro atoms. The van der Waals surface area contributed by atoms with E-state index in [0.29, 0.717) is 16.2 Å². The standard InChI is InChI=1S/C21H19N3O3S/c1-12(2)27-19-10-9-17(14-5-3-4-6-15(14)19)24-20(22-23-21(24)28)16-8-7-13(25)11-18(16)26/h3-12,25-26H,1-2H3,(H,23,28). The number of aromatic nitrogens is 3. The Bertz CT molecular complexity index is 1230. The zero-order valence-corrected chi connectivity index (χ0v) is 16.2. The van der Waals surface area contributed by atoms with Gasteiger partial charge in [0, 0.05) is 16.8 Å². The van der Waals surface area contributed by atoms with Crippen molar-refractivity contribution in [2.24, 2.45) is 0 Å². The highest BCUT2D eigenvalue weighted by atomic mass is 32.1. The molecular weight excluding hydrogens is 374 g/mol. The Morgan fingerprint density at radius 3 is 2.50 bits per heavy atom. The summed E-state index contributed by atoms with van der Waals surface area (Å²) < 4.78 is 8.11. The van der Waals surface area contributed by atoms with Crippen LogP contribution in [0.5, 0.6) is 17.2 Å². The number of phenols is 2. The van der Waals surface area contributed by atoms with Gasteiger partial charge in [-0.05, 0) is 50.3 Å². The van der Waals surface area contributed by atoms with Gasteiger partial charge in [-0.15, -0.1) is 0 Å². The number of benzene rings is 3. The van der Waals surface area contributed by atoms with E-state index < -0.39 is 0 Å². The van der Waals surface area contributed by atoms with Crippen molar-refractivity contribution < 1.29 is 14.9 Å². The van der Waals surface area contributed by atoms with Crippen molar-refractivity contribution in [3.05, 3.63) is 59.4 Å². The van der Waals surface area contributed by atoms with Crippen LogP contribution in [-0.2, 0) is 0 Å². The maximum atomic E-state index is 10.3. The Morgan fingerprint density at radius 2 is 1.79 bits per heavy atom.